The molecular weight excluding hydrogens is 320 g/mol. The number of nitrogens with one attached hydrogen (secondary N) is 2. The first kappa shape index (κ1) is 18.0. The molecule has 1 rings (SSSR count). The SMILES string of the molecule is CC(NC(=O)OC(C)(C)C)C(=O)NC1CS(=O)(=O)CC1Cl. The lowest BCUT2D eigenvalue weighted by molar-refractivity contribution is -0.123. The van der Waals surface area contributed by atoms with E-state index in [1.807, 2.05) is 0 Å². The molecule has 0 bridgehead atoms. The maximum Gasteiger partial charge on any atom is 0.408 e. The van der Waals surface area contributed by atoms with Crippen molar-refractivity contribution in [3.8, 4) is 0 Å². The maximum absolute atomic E-state index is 11.9. The highest BCUT2D eigenvalue weighted by atomic mass is 35.5. The highest BCUT2D eigenvalue weighted by Gasteiger charge is 2.38. The van der Waals surface area contributed by atoms with Gasteiger partial charge in [-0.1, -0.05) is 0 Å². The third-order valence-corrected chi connectivity index (χ3v) is 5.11. The highest BCUT2D eigenvalue weighted by molar-refractivity contribution is 7.91. The molecule has 3 unspecified atom stereocenters. The number of amides is 2. The second kappa shape index (κ2) is 6.39. The minimum Gasteiger partial charge on any atom is -0.444 e. The Kier molecular flexibility index (Phi) is 5.49. The summed E-state index contributed by atoms with van der Waals surface area (Å²) in [7, 11) is -3.22. The fraction of sp³-hybridized carbons (Fsp3) is 0.833. The lowest BCUT2D eigenvalue weighted by Gasteiger charge is -2.22. The second-order valence-electron chi connectivity index (χ2n) is 6.08. The van der Waals surface area contributed by atoms with Crippen LogP contribution < -0.4 is 10.6 Å². The number of carbonyl (C=O) groups is 2. The van der Waals surface area contributed by atoms with Crippen LogP contribution in [0.15, 0.2) is 0 Å². The summed E-state index contributed by atoms with van der Waals surface area (Å²) in [6.45, 7) is 6.60. The van der Waals surface area contributed by atoms with E-state index in [2.05, 4.69) is 10.6 Å². The highest BCUT2D eigenvalue weighted by Crippen LogP contribution is 2.18. The predicted molar refractivity (Wildman–Crippen MR) is 79.1 cm³/mol. The lowest BCUT2D eigenvalue weighted by atomic mass is 10.2. The Bertz CT molecular complexity index is 514. The topological polar surface area (TPSA) is 102 Å². The van der Waals surface area contributed by atoms with Crippen LogP contribution in [0.3, 0.4) is 0 Å². The summed E-state index contributed by atoms with van der Waals surface area (Å²) in [5.74, 6) is -0.854. The van der Waals surface area contributed by atoms with Crippen LogP contribution >= 0.6 is 11.6 Å². The maximum atomic E-state index is 11.9. The van der Waals surface area contributed by atoms with Gasteiger partial charge in [0.25, 0.3) is 0 Å². The fourth-order valence-corrected chi connectivity index (χ4v) is 4.34. The summed E-state index contributed by atoms with van der Waals surface area (Å²) >= 11 is 5.90. The van der Waals surface area contributed by atoms with Crippen molar-refractivity contribution in [3.63, 3.8) is 0 Å². The molecule has 1 saturated heterocycles. The minimum atomic E-state index is -3.22. The number of sulfone groups is 1. The molecule has 0 radical (unpaired) electrons. The Morgan fingerprint density at radius 3 is 2.29 bits per heavy atom. The van der Waals surface area contributed by atoms with Gasteiger partial charge < -0.3 is 15.4 Å². The van der Waals surface area contributed by atoms with Crippen LogP contribution in [0.25, 0.3) is 0 Å². The van der Waals surface area contributed by atoms with Gasteiger partial charge in [-0.05, 0) is 27.7 Å². The molecular formula is C12H21ClN2O5S. The van der Waals surface area contributed by atoms with Gasteiger partial charge in [0.2, 0.25) is 5.91 Å². The van der Waals surface area contributed by atoms with Gasteiger partial charge in [0.15, 0.2) is 9.84 Å². The number of carbonyl (C=O) groups excluding carboxylic acids is 2. The number of alkyl halides is 1. The van der Waals surface area contributed by atoms with Crippen molar-refractivity contribution in [2.24, 2.45) is 0 Å². The summed E-state index contributed by atoms with van der Waals surface area (Å²) in [5, 5.41) is 4.25. The number of alkyl carbamates (subject to hydrolysis) is 1. The van der Waals surface area contributed by atoms with Gasteiger partial charge in [-0.2, -0.15) is 0 Å². The molecule has 1 fully saturated rings. The number of rotatable bonds is 3. The van der Waals surface area contributed by atoms with E-state index < -0.39 is 44.9 Å². The van der Waals surface area contributed by atoms with Crippen LogP contribution in [-0.2, 0) is 19.4 Å². The molecule has 0 saturated carbocycles. The van der Waals surface area contributed by atoms with E-state index in [1.165, 1.54) is 6.92 Å². The summed E-state index contributed by atoms with van der Waals surface area (Å²) in [6.07, 6.45) is -0.716. The van der Waals surface area contributed by atoms with Gasteiger partial charge in [0.05, 0.1) is 22.9 Å². The van der Waals surface area contributed by atoms with Gasteiger partial charge in [-0.25, -0.2) is 13.2 Å². The Balaban J connectivity index is 2.50. The van der Waals surface area contributed by atoms with Crippen LogP contribution in [0.4, 0.5) is 4.79 Å². The largest absolute Gasteiger partial charge is 0.444 e. The van der Waals surface area contributed by atoms with Crippen molar-refractivity contribution in [2.75, 3.05) is 11.5 Å². The Labute approximate surface area is 129 Å². The van der Waals surface area contributed by atoms with E-state index in [0.29, 0.717) is 0 Å². The zero-order chi connectivity index (χ0) is 16.4. The van der Waals surface area contributed by atoms with Crippen molar-refractivity contribution in [3.05, 3.63) is 0 Å². The number of halogens is 1. The number of hydrogen-bond donors (Lipinski definition) is 2. The molecule has 0 aliphatic carbocycles. The zero-order valence-electron chi connectivity index (χ0n) is 12.5. The van der Waals surface area contributed by atoms with Crippen molar-refractivity contribution in [1.82, 2.24) is 10.6 Å². The monoisotopic (exact) mass is 340 g/mol. The third kappa shape index (κ3) is 6.09. The van der Waals surface area contributed by atoms with E-state index >= 15 is 0 Å². The molecule has 0 aromatic carbocycles. The van der Waals surface area contributed by atoms with Crippen LogP contribution in [-0.4, -0.2) is 55.0 Å². The van der Waals surface area contributed by atoms with E-state index in [9.17, 15) is 18.0 Å². The average molecular weight is 341 g/mol. The van der Waals surface area contributed by atoms with Crippen LogP contribution in [0, 0.1) is 0 Å². The lowest BCUT2D eigenvalue weighted by Crippen LogP contribution is -2.51. The van der Waals surface area contributed by atoms with Crippen molar-refractivity contribution in [1.29, 1.82) is 0 Å². The molecule has 1 heterocycles. The zero-order valence-corrected chi connectivity index (χ0v) is 14.0. The Morgan fingerprint density at radius 2 is 1.86 bits per heavy atom. The average Bonchev–Trinajstić information content (AvgIpc) is 2.48. The summed E-state index contributed by atoms with van der Waals surface area (Å²) in [4.78, 5) is 23.5. The molecule has 1 aliphatic heterocycles. The van der Waals surface area contributed by atoms with Crippen LogP contribution in [0.2, 0.25) is 0 Å². The van der Waals surface area contributed by atoms with E-state index in [1.54, 1.807) is 20.8 Å². The molecule has 2 amide bonds. The van der Waals surface area contributed by atoms with Gasteiger partial charge in [-0.15, -0.1) is 11.6 Å². The van der Waals surface area contributed by atoms with E-state index in [0.717, 1.165) is 0 Å². The normalized spacial score (nSPS) is 26.0. The summed E-state index contributed by atoms with van der Waals surface area (Å²) in [6, 6.07) is -1.50. The standard InChI is InChI=1S/C12H21ClN2O5S/c1-7(14-11(17)20-12(2,3)4)10(16)15-9-6-21(18,19)5-8(9)13/h7-9H,5-6H2,1-4H3,(H,14,17)(H,15,16). The molecule has 2 N–H and O–H groups in total. The van der Waals surface area contributed by atoms with Crippen molar-refractivity contribution >= 4 is 33.4 Å². The Morgan fingerprint density at radius 1 is 1.29 bits per heavy atom. The van der Waals surface area contributed by atoms with Crippen molar-refractivity contribution in [2.45, 2.75) is 50.8 Å². The molecule has 0 aromatic heterocycles. The summed E-state index contributed by atoms with van der Waals surface area (Å²) in [5.41, 5.74) is -0.666. The van der Waals surface area contributed by atoms with E-state index in [-0.39, 0.29) is 11.5 Å². The first-order valence-corrected chi connectivity index (χ1v) is 8.80. The molecule has 9 heteroatoms. The van der Waals surface area contributed by atoms with Gasteiger partial charge in [-0.3, -0.25) is 4.79 Å². The van der Waals surface area contributed by atoms with E-state index in [4.69, 9.17) is 16.3 Å². The first-order chi connectivity index (χ1) is 9.39. The summed E-state index contributed by atoms with van der Waals surface area (Å²) < 4.78 is 27.9. The van der Waals surface area contributed by atoms with Gasteiger partial charge in [0.1, 0.15) is 11.6 Å². The number of ether oxygens (including phenoxy) is 1. The molecule has 0 aromatic rings. The minimum absolute atomic E-state index is 0.159. The van der Waals surface area contributed by atoms with Crippen LogP contribution in [0.5, 0.6) is 0 Å². The predicted octanol–water partition coefficient (Wildman–Crippen LogP) is 0.420. The molecule has 21 heavy (non-hydrogen) atoms. The Hall–Kier alpha value is -1.02. The molecule has 7 nitrogen and oxygen atoms in total. The molecule has 3 atom stereocenters. The molecule has 122 valence electrons. The quantitative estimate of drug-likeness (QED) is 0.725. The van der Waals surface area contributed by atoms with Gasteiger partial charge >= 0.3 is 6.09 Å². The van der Waals surface area contributed by atoms with Gasteiger partial charge in [0, 0.05) is 0 Å². The molecule has 0 spiro atoms. The fourth-order valence-electron chi connectivity index (χ4n) is 1.79. The third-order valence-electron chi connectivity index (χ3n) is 2.74. The first-order valence-electron chi connectivity index (χ1n) is 6.54. The van der Waals surface area contributed by atoms with Crippen LogP contribution in [0.1, 0.15) is 27.7 Å². The smallest absolute Gasteiger partial charge is 0.408 e. The van der Waals surface area contributed by atoms with Crippen molar-refractivity contribution < 1.29 is 22.7 Å². The molecule has 1 aliphatic rings. The second-order valence-corrected chi connectivity index (χ2v) is 8.79. The number of hydrogen-bond acceptors (Lipinski definition) is 5.